The minimum absolute atomic E-state index is 0.128. The summed E-state index contributed by atoms with van der Waals surface area (Å²) in [6.45, 7) is 3.89. The summed E-state index contributed by atoms with van der Waals surface area (Å²) >= 11 is 0. The maximum Gasteiger partial charge on any atom is 0.307 e. The predicted molar refractivity (Wildman–Crippen MR) is 65.7 cm³/mol. The summed E-state index contributed by atoms with van der Waals surface area (Å²) in [7, 11) is 3.99. The first-order chi connectivity index (χ1) is 8.13. The van der Waals surface area contributed by atoms with Crippen molar-refractivity contribution in [2.45, 2.75) is 19.8 Å². The fourth-order valence-electron chi connectivity index (χ4n) is 1.56. The number of hydrogen-bond donors (Lipinski definition) is 0. The molecule has 0 atom stereocenters. The number of ether oxygens (including phenoxy) is 1. The fourth-order valence-corrected chi connectivity index (χ4v) is 1.56. The maximum absolute atomic E-state index is 11.2. The molecule has 5 heteroatoms. The van der Waals surface area contributed by atoms with Crippen LogP contribution in [-0.2, 0) is 23.0 Å². The molecule has 0 amide bonds. The number of esters is 1. The second kappa shape index (κ2) is 7.06. The number of imidazole rings is 1. The van der Waals surface area contributed by atoms with Crippen molar-refractivity contribution < 1.29 is 9.53 Å². The molecule has 0 fully saturated rings. The highest BCUT2D eigenvalue weighted by Crippen LogP contribution is 1.98. The van der Waals surface area contributed by atoms with E-state index in [0.29, 0.717) is 13.0 Å². The van der Waals surface area contributed by atoms with Gasteiger partial charge >= 0.3 is 5.97 Å². The molecule has 0 aliphatic rings. The van der Waals surface area contributed by atoms with E-state index in [2.05, 4.69) is 9.88 Å². The Labute approximate surface area is 102 Å². The van der Waals surface area contributed by atoms with E-state index in [1.807, 2.05) is 31.8 Å². The Kier molecular flexibility index (Phi) is 5.69. The average molecular weight is 239 g/mol. The van der Waals surface area contributed by atoms with Gasteiger partial charge in [0.15, 0.2) is 0 Å². The Balaban J connectivity index is 2.19. The Bertz CT molecular complexity index is 349. The van der Waals surface area contributed by atoms with Gasteiger partial charge in [-0.05, 0) is 14.0 Å². The molecule has 5 nitrogen and oxygen atoms in total. The third-order valence-electron chi connectivity index (χ3n) is 2.64. The first-order valence-corrected chi connectivity index (χ1v) is 5.93. The fraction of sp³-hybridized carbons (Fsp3) is 0.667. The molecule has 1 heterocycles. The van der Waals surface area contributed by atoms with Gasteiger partial charge < -0.3 is 14.2 Å². The van der Waals surface area contributed by atoms with Gasteiger partial charge in [-0.25, -0.2) is 4.98 Å². The molecule has 0 unspecified atom stereocenters. The third-order valence-corrected chi connectivity index (χ3v) is 2.64. The van der Waals surface area contributed by atoms with Crippen LogP contribution in [0.1, 0.15) is 19.2 Å². The van der Waals surface area contributed by atoms with E-state index in [9.17, 15) is 4.79 Å². The normalized spacial score (nSPS) is 10.8. The molecule has 0 saturated heterocycles. The topological polar surface area (TPSA) is 47.4 Å². The molecule has 1 aromatic rings. The van der Waals surface area contributed by atoms with Crippen molar-refractivity contribution in [1.82, 2.24) is 14.5 Å². The highest BCUT2D eigenvalue weighted by molar-refractivity contribution is 5.69. The van der Waals surface area contributed by atoms with Crippen LogP contribution in [-0.4, -0.2) is 47.2 Å². The summed E-state index contributed by atoms with van der Waals surface area (Å²) in [5.74, 6) is 0.935. The van der Waals surface area contributed by atoms with Gasteiger partial charge in [-0.3, -0.25) is 4.79 Å². The second-order valence-electron chi connectivity index (χ2n) is 4.06. The van der Waals surface area contributed by atoms with Crippen LogP contribution >= 0.6 is 0 Å². The van der Waals surface area contributed by atoms with Crippen molar-refractivity contribution in [3.8, 4) is 0 Å². The van der Waals surface area contributed by atoms with Gasteiger partial charge in [0.25, 0.3) is 0 Å². The van der Waals surface area contributed by atoms with Crippen LogP contribution in [0.5, 0.6) is 0 Å². The highest BCUT2D eigenvalue weighted by atomic mass is 16.5. The number of carbonyl (C=O) groups is 1. The van der Waals surface area contributed by atoms with Crippen LogP contribution < -0.4 is 0 Å². The van der Waals surface area contributed by atoms with Crippen LogP contribution in [0.4, 0.5) is 0 Å². The molecule has 0 aliphatic heterocycles. The lowest BCUT2D eigenvalue weighted by Gasteiger charge is -2.15. The third kappa shape index (κ3) is 4.99. The number of nitrogens with zero attached hydrogens (tertiary/aromatic N) is 3. The van der Waals surface area contributed by atoms with Gasteiger partial charge in [-0.15, -0.1) is 0 Å². The molecule has 96 valence electrons. The summed E-state index contributed by atoms with van der Waals surface area (Å²) in [6.07, 6.45) is 5.08. The maximum atomic E-state index is 11.2. The molecule has 0 N–H and O–H groups in total. The zero-order valence-electron chi connectivity index (χ0n) is 10.8. The first-order valence-electron chi connectivity index (χ1n) is 5.93. The molecule has 0 spiro atoms. The van der Waals surface area contributed by atoms with Crippen LogP contribution in [0.2, 0.25) is 0 Å². The number of rotatable bonds is 7. The Hall–Kier alpha value is -1.36. The minimum atomic E-state index is -0.128. The van der Waals surface area contributed by atoms with Crippen molar-refractivity contribution in [2.24, 2.45) is 7.05 Å². The summed E-state index contributed by atoms with van der Waals surface area (Å²) in [6, 6.07) is 0. The number of likely N-dealkylation sites (N-methyl/N-ethyl adjacent to an activating group) is 1. The molecule has 1 rings (SSSR count). The van der Waals surface area contributed by atoms with Gasteiger partial charge in [0.1, 0.15) is 5.82 Å². The van der Waals surface area contributed by atoms with Crippen LogP contribution in [0.3, 0.4) is 0 Å². The Morgan fingerprint density at radius 2 is 2.29 bits per heavy atom. The zero-order chi connectivity index (χ0) is 12.7. The summed E-state index contributed by atoms with van der Waals surface area (Å²) in [4.78, 5) is 17.5. The monoisotopic (exact) mass is 239 g/mol. The standard InChI is InChI=1S/C12H21N3O2/c1-4-17-12(16)6-9-14(2)8-5-11-13-7-10-15(11)3/h7,10H,4-6,8-9H2,1-3H3. The van der Waals surface area contributed by atoms with Gasteiger partial charge in [0, 0.05) is 39.0 Å². The van der Waals surface area contributed by atoms with E-state index in [-0.39, 0.29) is 5.97 Å². The number of hydrogen-bond acceptors (Lipinski definition) is 4. The van der Waals surface area contributed by atoms with E-state index in [4.69, 9.17) is 4.74 Å². The number of carbonyl (C=O) groups excluding carboxylic acids is 1. The summed E-state index contributed by atoms with van der Waals surface area (Å²) in [5.41, 5.74) is 0. The van der Waals surface area contributed by atoms with Gasteiger partial charge in [-0.1, -0.05) is 0 Å². The SMILES string of the molecule is CCOC(=O)CCN(C)CCc1nccn1C. The van der Waals surface area contributed by atoms with Crippen molar-refractivity contribution in [3.63, 3.8) is 0 Å². The number of aromatic nitrogens is 2. The summed E-state index contributed by atoms with van der Waals surface area (Å²) in [5, 5.41) is 0. The molecule has 0 saturated carbocycles. The molecule has 1 aromatic heterocycles. The minimum Gasteiger partial charge on any atom is -0.466 e. The van der Waals surface area contributed by atoms with Crippen LogP contribution in [0, 0.1) is 0 Å². The lowest BCUT2D eigenvalue weighted by atomic mass is 10.3. The van der Waals surface area contributed by atoms with E-state index < -0.39 is 0 Å². The lowest BCUT2D eigenvalue weighted by Crippen LogP contribution is -2.25. The highest BCUT2D eigenvalue weighted by Gasteiger charge is 2.06. The first kappa shape index (κ1) is 13.7. The van der Waals surface area contributed by atoms with E-state index in [0.717, 1.165) is 25.3 Å². The Morgan fingerprint density at radius 3 is 2.88 bits per heavy atom. The predicted octanol–water partition coefficient (Wildman–Crippen LogP) is 0.848. The van der Waals surface area contributed by atoms with Crippen molar-refractivity contribution in [1.29, 1.82) is 0 Å². The molecule has 17 heavy (non-hydrogen) atoms. The van der Waals surface area contributed by atoms with Gasteiger partial charge in [0.2, 0.25) is 0 Å². The largest absolute Gasteiger partial charge is 0.466 e. The molecular weight excluding hydrogens is 218 g/mol. The quantitative estimate of drug-likeness (QED) is 0.662. The number of aryl methyl sites for hydroxylation is 1. The molecule has 0 bridgehead atoms. The molecule has 0 radical (unpaired) electrons. The van der Waals surface area contributed by atoms with E-state index >= 15 is 0 Å². The van der Waals surface area contributed by atoms with Crippen molar-refractivity contribution >= 4 is 5.97 Å². The zero-order valence-corrected chi connectivity index (χ0v) is 10.8. The smallest absolute Gasteiger partial charge is 0.307 e. The lowest BCUT2D eigenvalue weighted by molar-refractivity contribution is -0.143. The molecule has 0 aromatic carbocycles. The van der Waals surface area contributed by atoms with Crippen molar-refractivity contribution in [3.05, 3.63) is 18.2 Å². The van der Waals surface area contributed by atoms with Crippen LogP contribution in [0.15, 0.2) is 12.4 Å². The molecular formula is C12H21N3O2. The molecule has 0 aliphatic carbocycles. The van der Waals surface area contributed by atoms with E-state index in [1.54, 1.807) is 6.20 Å². The second-order valence-corrected chi connectivity index (χ2v) is 4.06. The van der Waals surface area contributed by atoms with Crippen LogP contribution in [0.25, 0.3) is 0 Å². The van der Waals surface area contributed by atoms with Gasteiger partial charge in [0.05, 0.1) is 13.0 Å². The Morgan fingerprint density at radius 1 is 1.53 bits per heavy atom. The summed E-state index contributed by atoms with van der Waals surface area (Å²) < 4.78 is 6.89. The van der Waals surface area contributed by atoms with Crippen molar-refractivity contribution in [2.75, 3.05) is 26.7 Å². The van der Waals surface area contributed by atoms with Gasteiger partial charge in [-0.2, -0.15) is 0 Å². The average Bonchev–Trinajstić information content (AvgIpc) is 2.70. The van der Waals surface area contributed by atoms with E-state index in [1.165, 1.54) is 0 Å².